The van der Waals surface area contributed by atoms with Crippen molar-refractivity contribution in [2.24, 2.45) is 5.73 Å². The largest absolute Gasteiger partial charge is 0.330 e. The first-order valence-electron chi connectivity index (χ1n) is 6.15. The van der Waals surface area contributed by atoms with Gasteiger partial charge >= 0.3 is 0 Å². The lowest BCUT2D eigenvalue weighted by molar-refractivity contribution is 0.102. The molecule has 5 heteroatoms. The fraction of sp³-hybridized carbons (Fsp3) is 0.133. The highest BCUT2D eigenvalue weighted by molar-refractivity contribution is 14.1. The Morgan fingerprint density at radius 2 is 1.90 bits per heavy atom. The number of carbonyl (C=O) groups is 1. The molecule has 2 aromatic carbocycles. The van der Waals surface area contributed by atoms with E-state index in [1.165, 1.54) is 0 Å². The fourth-order valence-corrected chi connectivity index (χ4v) is 2.78. The van der Waals surface area contributed by atoms with Crippen LogP contribution in [0, 0.1) is 3.57 Å². The van der Waals surface area contributed by atoms with Crippen LogP contribution < -0.4 is 11.1 Å². The third-order valence-electron chi connectivity index (χ3n) is 2.83. The van der Waals surface area contributed by atoms with E-state index >= 15 is 0 Å². The van der Waals surface area contributed by atoms with Crippen molar-refractivity contribution in [2.45, 2.75) is 6.42 Å². The smallest absolute Gasteiger partial charge is 0.255 e. The minimum absolute atomic E-state index is 0.135. The number of amides is 1. The number of carbonyl (C=O) groups excluding carboxylic acids is 1. The summed E-state index contributed by atoms with van der Waals surface area (Å²) >= 11 is 8.03. The molecule has 0 saturated heterocycles. The van der Waals surface area contributed by atoms with E-state index in [4.69, 9.17) is 17.3 Å². The summed E-state index contributed by atoms with van der Waals surface area (Å²) < 4.78 is 0.906. The number of nitrogens with two attached hydrogens (primary N) is 1. The third-order valence-corrected chi connectivity index (χ3v) is 3.96. The Labute approximate surface area is 136 Å². The van der Waals surface area contributed by atoms with E-state index in [2.05, 4.69) is 27.9 Å². The van der Waals surface area contributed by atoms with Gasteiger partial charge in [0, 0.05) is 14.2 Å². The van der Waals surface area contributed by atoms with Crippen molar-refractivity contribution >= 4 is 45.8 Å². The van der Waals surface area contributed by atoms with Gasteiger partial charge in [0.25, 0.3) is 5.91 Å². The average molecular weight is 401 g/mol. The van der Waals surface area contributed by atoms with Crippen LogP contribution in [0.5, 0.6) is 0 Å². The Morgan fingerprint density at radius 3 is 2.50 bits per heavy atom. The summed E-state index contributed by atoms with van der Waals surface area (Å²) in [5, 5.41) is 3.53. The first kappa shape index (κ1) is 15.3. The van der Waals surface area contributed by atoms with Crippen molar-refractivity contribution < 1.29 is 4.79 Å². The zero-order valence-corrected chi connectivity index (χ0v) is 13.6. The van der Waals surface area contributed by atoms with Crippen molar-refractivity contribution in [3.05, 3.63) is 62.2 Å². The molecule has 0 aliphatic rings. The maximum atomic E-state index is 12.1. The Kier molecular flexibility index (Phi) is 5.39. The summed E-state index contributed by atoms with van der Waals surface area (Å²) in [5.41, 5.74) is 8.01. The van der Waals surface area contributed by atoms with Crippen LogP contribution in [0.1, 0.15) is 15.9 Å². The second-order valence-electron chi connectivity index (χ2n) is 4.31. The number of anilines is 1. The molecule has 3 nitrogen and oxygen atoms in total. The fourth-order valence-electron chi connectivity index (χ4n) is 1.77. The molecule has 0 bridgehead atoms. The highest BCUT2D eigenvalue weighted by atomic mass is 127. The van der Waals surface area contributed by atoms with Crippen molar-refractivity contribution in [3.63, 3.8) is 0 Å². The van der Waals surface area contributed by atoms with E-state index in [1.807, 2.05) is 30.3 Å². The Balaban J connectivity index is 2.11. The van der Waals surface area contributed by atoms with E-state index in [0.29, 0.717) is 17.1 Å². The predicted octanol–water partition coefficient (Wildman–Crippen LogP) is 3.70. The molecule has 0 unspecified atom stereocenters. The van der Waals surface area contributed by atoms with Crippen molar-refractivity contribution in [3.8, 4) is 0 Å². The van der Waals surface area contributed by atoms with Gasteiger partial charge in [-0.1, -0.05) is 23.7 Å². The quantitative estimate of drug-likeness (QED) is 0.769. The molecule has 0 radical (unpaired) electrons. The van der Waals surface area contributed by atoms with Crippen LogP contribution >= 0.6 is 34.2 Å². The Morgan fingerprint density at radius 1 is 1.20 bits per heavy atom. The lowest BCUT2D eigenvalue weighted by Gasteiger charge is -2.08. The zero-order valence-electron chi connectivity index (χ0n) is 10.7. The topological polar surface area (TPSA) is 55.1 Å². The standard InChI is InChI=1S/C15H14ClIN2O/c16-12-5-6-14(13(17)9-12)19-15(20)11-3-1-10(2-4-11)7-8-18/h1-6,9H,7-8,18H2,(H,19,20). The van der Waals surface area contributed by atoms with Crippen LogP contribution in [0.15, 0.2) is 42.5 Å². The van der Waals surface area contributed by atoms with Gasteiger partial charge in [-0.25, -0.2) is 0 Å². The Hall–Kier alpha value is -1.11. The minimum atomic E-state index is -0.135. The number of nitrogens with one attached hydrogen (secondary N) is 1. The first-order chi connectivity index (χ1) is 9.60. The normalized spacial score (nSPS) is 10.3. The SMILES string of the molecule is NCCc1ccc(C(=O)Nc2ccc(Cl)cc2I)cc1. The van der Waals surface area contributed by atoms with Gasteiger partial charge in [-0.3, -0.25) is 4.79 Å². The molecule has 20 heavy (non-hydrogen) atoms. The van der Waals surface area contributed by atoms with Crippen molar-refractivity contribution in [2.75, 3.05) is 11.9 Å². The molecule has 1 amide bonds. The molecule has 0 aliphatic heterocycles. The number of halogens is 2. The minimum Gasteiger partial charge on any atom is -0.330 e. The van der Waals surface area contributed by atoms with E-state index in [1.54, 1.807) is 12.1 Å². The van der Waals surface area contributed by atoms with Gasteiger partial charge < -0.3 is 11.1 Å². The van der Waals surface area contributed by atoms with Gasteiger partial charge in [0.15, 0.2) is 0 Å². The van der Waals surface area contributed by atoms with Crippen LogP contribution in [0.3, 0.4) is 0 Å². The summed E-state index contributed by atoms with van der Waals surface area (Å²) in [5.74, 6) is -0.135. The molecule has 0 aliphatic carbocycles. The molecule has 3 N–H and O–H groups in total. The van der Waals surface area contributed by atoms with E-state index in [-0.39, 0.29) is 5.91 Å². The number of hydrogen-bond acceptors (Lipinski definition) is 2. The zero-order chi connectivity index (χ0) is 14.5. The van der Waals surface area contributed by atoms with Crippen LogP contribution in [-0.2, 0) is 6.42 Å². The van der Waals surface area contributed by atoms with Crippen LogP contribution in [0.4, 0.5) is 5.69 Å². The second kappa shape index (κ2) is 7.06. The molecule has 0 saturated carbocycles. The van der Waals surface area contributed by atoms with E-state index in [0.717, 1.165) is 21.2 Å². The molecule has 0 atom stereocenters. The number of hydrogen-bond donors (Lipinski definition) is 2. The van der Waals surface area contributed by atoms with Crippen molar-refractivity contribution in [1.29, 1.82) is 0 Å². The summed E-state index contributed by atoms with van der Waals surface area (Å²) in [6, 6.07) is 12.8. The molecular weight excluding hydrogens is 387 g/mol. The summed E-state index contributed by atoms with van der Waals surface area (Å²) in [7, 11) is 0. The molecule has 0 aromatic heterocycles. The Bertz CT molecular complexity index is 614. The summed E-state index contributed by atoms with van der Waals surface area (Å²) in [4.78, 5) is 12.1. The van der Waals surface area contributed by atoms with E-state index in [9.17, 15) is 4.79 Å². The molecule has 0 fully saturated rings. The molecule has 104 valence electrons. The van der Waals surface area contributed by atoms with Crippen LogP contribution in [-0.4, -0.2) is 12.5 Å². The van der Waals surface area contributed by atoms with Gasteiger partial charge in [-0.15, -0.1) is 0 Å². The van der Waals surface area contributed by atoms with Gasteiger partial charge in [0.05, 0.1) is 5.69 Å². The molecule has 0 spiro atoms. The van der Waals surface area contributed by atoms with Crippen LogP contribution in [0.2, 0.25) is 5.02 Å². The molecule has 0 heterocycles. The third kappa shape index (κ3) is 3.94. The monoisotopic (exact) mass is 400 g/mol. The highest BCUT2D eigenvalue weighted by Gasteiger charge is 2.08. The number of rotatable bonds is 4. The lowest BCUT2D eigenvalue weighted by Crippen LogP contribution is -2.13. The van der Waals surface area contributed by atoms with E-state index < -0.39 is 0 Å². The van der Waals surface area contributed by atoms with Gasteiger partial charge in [-0.2, -0.15) is 0 Å². The predicted molar refractivity (Wildman–Crippen MR) is 91.3 cm³/mol. The molecule has 2 aromatic rings. The average Bonchev–Trinajstić information content (AvgIpc) is 2.43. The molecular formula is C15H14ClIN2O. The summed E-state index contributed by atoms with van der Waals surface area (Å²) in [6.45, 7) is 0.606. The van der Waals surface area contributed by atoms with Crippen molar-refractivity contribution in [1.82, 2.24) is 0 Å². The van der Waals surface area contributed by atoms with Crippen LogP contribution in [0.25, 0.3) is 0 Å². The van der Waals surface area contributed by atoms with Gasteiger partial charge in [0.1, 0.15) is 0 Å². The second-order valence-corrected chi connectivity index (χ2v) is 5.91. The summed E-state index contributed by atoms with van der Waals surface area (Å²) in [6.07, 6.45) is 0.816. The maximum Gasteiger partial charge on any atom is 0.255 e. The molecule has 2 rings (SSSR count). The first-order valence-corrected chi connectivity index (χ1v) is 7.61. The van der Waals surface area contributed by atoms with Gasteiger partial charge in [0.2, 0.25) is 0 Å². The highest BCUT2D eigenvalue weighted by Crippen LogP contribution is 2.22. The maximum absolute atomic E-state index is 12.1. The van der Waals surface area contributed by atoms with Gasteiger partial charge in [-0.05, 0) is 71.5 Å². The lowest BCUT2D eigenvalue weighted by atomic mass is 10.1. The number of benzene rings is 2.